The molecule has 0 atom stereocenters. The van der Waals surface area contributed by atoms with E-state index in [1.165, 1.54) is 0 Å². The van der Waals surface area contributed by atoms with Gasteiger partial charge in [-0.25, -0.2) is 4.79 Å². The molecule has 33 heavy (non-hydrogen) atoms. The Kier molecular flexibility index (Phi) is 25.7. The second-order valence-corrected chi connectivity index (χ2v) is 6.29. The summed E-state index contributed by atoms with van der Waals surface area (Å²) < 4.78 is 46.9. The maximum absolute atomic E-state index is 11.1. The molecule has 0 saturated heterocycles. The predicted octanol–water partition coefficient (Wildman–Crippen LogP) is 0.157. The van der Waals surface area contributed by atoms with Crippen molar-refractivity contribution in [3.8, 4) is 0 Å². The predicted molar refractivity (Wildman–Crippen MR) is 115 cm³/mol. The van der Waals surface area contributed by atoms with Crippen molar-refractivity contribution in [2.75, 3.05) is 112 Å². The molecule has 0 amide bonds. The van der Waals surface area contributed by atoms with Crippen molar-refractivity contribution < 1.29 is 57.3 Å². The van der Waals surface area contributed by atoms with Crippen LogP contribution in [0.15, 0.2) is 0 Å². The molecule has 0 spiro atoms. The Hall–Kier alpha value is -1.38. The van der Waals surface area contributed by atoms with E-state index in [4.69, 9.17) is 47.7 Å². The second-order valence-electron chi connectivity index (χ2n) is 6.29. The Morgan fingerprint density at radius 3 is 1.12 bits per heavy atom. The van der Waals surface area contributed by atoms with Crippen LogP contribution in [-0.4, -0.2) is 129 Å². The van der Waals surface area contributed by atoms with Gasteiger partial charge >= 0.3 is 11.9 Å². The van der Waals surface area contributed by atoms with Gasteiger partial charge in [0.05, 0.1) is 112 Å². The molecule has 196 valence electrons. The summed E-state index contributed by atoms with van der Waals surface area (Å²) in [4.78, 5) is 21.3. The molecule has 12 nitrogen and oxygen atoms in total. The lowest BCUT2D eigenvalue weighted by Crippen LogP contribution is -2.15. The average molecular weight is 485 g/mol. The first-order chi connectivity index (χ1) is 16.2. The van der Waals surface area contributed by atoms with Gasteiger partial charge in [-0.3, -0.25) is 4.79 Å². The number of carboxylic acid groups (broad SMARTS) is 1. The molecule has 0 saturated carbocycles. The van der Waals surface area contributed by atoms with Gasteiger partial charge in [-0.15, -0.1) is 0 Å². The maximum atomic E-state index is 11.1. The standard InChI is InChI=1S/C21H40O12/c1-2-33-21(24)3-4-25-5-6-26-7-8-27-9-10-28-11-12-29-13-14-30-15-16-31-17-18-32-19-20(22)23/h2-19H2,1H3,(H,22,23). The summed E-state index contributed by atoms with van der Waals surface area (Å²) in [7, 11) is 0. The van der Waals surface area contributed by atoms with Crippen LogP contribution in [0.2, 0.25) is 0 Å². The van der Waals surface area contributed by atoms with Crippen molar-refractivity contribution in [2.45, 2.75) is 13.3 Å². The fraction of sp³-hybridized carbons (Fsp3) is 0.905. The zero-order valence-corrected chi connectivity index (χ0v) is 19.7. The van der Waals surface area contributed by atoms with Gasteiger partial charge in [-0.1, -0.05) is 0 Å². The molecule has 0 aliphatic rings. The Morgan fingerprint density at radius 1 is 0.515 bits per heavy atom. The van der Waals surface area contributed by atoms with E-state index in [0.29, 0.717) is 99.1 Å². The molecule has 0 aromatic rings. The minimum Gasteiger partial charge on any atom is -0.480 e. The van der Waals surface area contributed by atoms with Gasteiger partial charge < -0.3 is 47.7 Å². The second kappa shape index (κ2) is 26.9. The summed E-state index contributed by atoms with van der Waals surface area (Å²) in [6.45, 7) is 8.20. The highest BCUT2D eigenvalue weighted by Gasteiger charge is 2.00. The van der Waals surface area contributed by atoms with Crippen molar-refractivity contribution in [3.63, 3.8) is 0 Å². The Morgan fingerprint density at radius 2 is 0.818 bits per heavy atom. The van der Waals surface area contributed by atoms with Gasteiger partial charge in [0.2, 0.25) is 0 Å². The summed E-state index contributed by atoms with van der Waals surface area (Å²) in [5.41, 5.74) is 0. The molecule has 12 heteroatoms. The Bertz CT molecular complexity index is 435. The van der Waals surface area contributed by atoms with Gasteiger partial charge in [0, 0.05) is 0 Å². The van der Waals surface area contributed by atoms with Crippen molar-refractivity contribution in [1.82, 2.24) is 0 Å². The van der Waals surface area contributed by atoms with Gasteiger partial charge in [-0.2, -0.15) is 0 Å². The zero-order valence-electron chi connectivity index (χ0n) is 19.7. The fourth-order valence-corrected chi connectivity index (χ4v) is 2.09. The molecular formula is C21H40O12. The zero-order chi connectivity index (χ0) is 24.2. The molecular weight excluding hydrogens is 444 g/mol. The number of carboxylic acids is 1. The number of carbonyl (C=O) groups is 2. The lowest BCUT2D eigenvalue weighted by atomic mass is 10.5. The summed E-state index contributed by atoms with van der Waals surface area (Å²) in [6, 6.07) is 0. The van der Waals surface area contributed by atoms with E-state index in [1.807, 2.05) is 0 Å². The topological polar surface area (TPSA) is 137 Å². The Balaban J connectivity index is 3.05. The monoisotopic (exact) mass is 484 g/mol. The first kappa shape index (κ1) is 31.6. The van der Waals surface area contributed by atoms with E-state index in [1.54, 1.807) is 6.92 Å². The van der Waals surface area contributed by atoms with Crippen LogP contribution in [0.5, 0.6) is 0 Å². The van der Waals surface area contributed by atoms with E-state index < -0.39 is 5.97 Å². The van der Waals surface area contributed by atoms with Crippen molar-refractivity contribution in [2.24, 2.45) is 0 Å². The number of esters is 1. The molecule has 0 fully saturated rings. The number of ether oxygens (including phenoxy) is 9. The fourth-order valence-electron chi connectivity index (χ4n) is 2.09. The summed E-state index contributed by atoms with van der Waals surface area (Å²) in [6.07, 6.45) is 0.252. The highest BCUT2D eigenvalue weighted by molar-refractivity contribution is 5.69. The normalized spacial score (nSPS) is 11.1. The maximum Gasteiger partial charge on any atom is 0.329 e. The smallest absolute Gasteiger partial charge is 0.329 e. The number of hydrogen-bond acceptors (Lipinski definition) is 11. The summed E-state index contributed by atoms with van der Waals surface area (Å²) in [5.74, 6) is -1.25. The van der Waals surface area contributed by atoms with Crippen LogP contribution < -0.4 is 0 Å². The number of aliphatic carboxylic acids is 1. The lowest BCUT2D eigenvalue weighted by molar-refractivity contribution is -0.144. The molecule has 0 heterocycles. The molecule has 0 rings (SSSR count). The number of rotatable bonds is 27. The van der Waals surface area contributed by atoms with Crippen LogP contribution >= 0.6 is 0 Å². The molecule has 0 aromatic carbocycles. The molecule has 0 radical (unpaired) electrons. The van der Waals surface area contributed by atoms with Crippen LogP contribution in [-0.2, 0) is 52.2 Å². The van der Waals surface area contributed by atoms with Crippen LogP contribution in [0.25, 0.3) is 0 Å². The van der Waals surface area contributed by atoms with E-state index in [2.05, 4.69) is 0 Å². The van der Waals surface area contributed by atoms with E-state index in [9.17, 15) is 9.59 Å². The SMILES string of the molecule is CCOC(=O)CCOCCOCCOCCOCCOCCOCCOCCOCC(=O)O. The highest BCUT2D eigenvalue weighted by atomic mass is 16.6. The van der Waals surface area contributed by atoms with Gasteiger partial charge in [0.15, 0.2) is 0 Å². The molecule has 0 bridgehead atoms. The third kappa shape index (κ3) is 28.6. The van der Waals surface area contributed by atoms with Gasteiger partial charge in [-0.05, 0) is 6.92 Å². The highest BCUT2D eigenvalue weighted by Crippen LogP contribution is 1.89. The van der Waals surface area contributed by atoms with E-state index in [-0.39, 0.29) is 25.6 Å². The lowest BCUT2D eigenvalue weighted by Gasteiger charge is -2.08. The number of hydrogen-bond donors (Lipinski definition) is 1. The quantitative estimate of drug-likeness (QED) is 0.126. The van der Waals surface area contributed by atoms with Gasteiger partial charge in [0.1, 0.15) is 6.61 Å². The molecule has 0 aliphatic heterocycles. The Labute approximate surface area is 195 Å². The van der Waals surface area contributed by atoms with Gasteiger partial charge in [0.25, 0.3) is 0 Å². The first-order valence-electron chi connectivity index (χ1n) is 11.2. The molecule has 0 aromatic heterocycles. The third-order valence-corrected chi connectivity index (χ3v) is 3.59. The molecule has 0 aliphatic carbocycles. The van der Waals surface area contributed by atoms with Crippen molar-refractivity contribution in [1.29, 1.82) is 0 Å². The largest absolute Gasteiger partial charge is 0.480 e. The van der Waals surface area contributed by atoms with Crippen LogP contribution in [0.3, 0.4) is 0 Å². The summed E-state index contributed by atoms with van der Waals surface area (Å²) in [5, 5.41) is 8.38. The van der Waals surface area contributed by atoms with Crippen molar-refractivity contribution in [3.05, 3.63) is 0 Å². The minimum atomic E-state index is -0.998. The van der Waals surface area contributed by atoms with Crippen molar-refractivity contribution >= 4 is 11.9 Å². The van der Waals surface area contributed by atoms with Crippen LogP contribution in [0, 0.1) is 0 Å². The first-order valence-corrected chi connectivity index (χ1v) is 11.2. The molecule has 0 unspecified atom stereocenters. The van der Waals surface area contributed by atoms with E-state index in [0.717, 1.165) is 0 Å². The van der Waals surface area contributed by atoms with Crippen LogP contribution in [0.4, 0.5) is 0 Å². The number of carbonyl (C=O) groups excluding carboxylic acids is 1. The minimum absolute atomic E-state index is 0.241. The summed E-state index contributed by atoms with van der Waals surface area (Å²) >= 11 is 0. The molecule has 1 N–H and O–H groups in total. The van der Waals surface area contributed by atoms with E-state index >= 15 is 0 Å². The third-order valence-electron chi connectivity index (χ3n) is 3.59. The average Bonchev–Trinajstić information content (AvgIpc) is 2.79. The van der Waals surface area contributed by atoms with Crippen LogP contribution in [0.1, 0.15) is 13.3 Å².